The van der Waals surface area contributed by atoms with E-state index in [9.17, 15) is 9.90 Å². The summed E-state index contributed by atoms with van der Waals surface area (Å²) < 4.78 is 13.1. The molecule has 0 amide bonds. The number of aromatic nitrogens is 1. The van der Waals surface area contributed by atoms with Gasteiger partial charge in [-0.2, -0.15) is 0 Å². The summed E-state index contributed by atoms with van der Waals surface area (Å²) in [6, 6.07) is 13.8. The normalized spacial score (nSPS) is 12.2. The van der Waals surface area contributed by atoms with Crippen LogP contribution in [0.25, 0.3) is 16.6 Å². The van der Waals surface area contributed by atoms with Crippen LogP contribution in [0.5, 0.6) is 5.75 Å². The summed E-state index contributed by atoms with van der Waals surface area (Å²) in [4.78, 5) is 12.7. The first-order valence-corrected chi connectivity index (χ1v) is 9.81. The van der Waals surface area contributed by atoms with Crippen molar-refractivity contribution < 1.29 is 19.4 Å². The van der Waals surface area contributed by atoms with Gasteiger partial charge in [-0.25, -0.2) is 4.79 Å². The zero-order chi connectivity index (χ0) is 21.0. The van der Waals surface area contributed by atoms with Crippen LogP contribution in [0.2, 0.25) is 0 Å². The zero-order valence-corrected chi connectivity index (χ0v) is 17.4. The second-order valence-corrected chi connectivity index (χ2v) is 7.05. The van der Waals surface area contributed by atoms with Gasteiger partial charge >= 0.3 is 5.97 Å². The molecule has 0 aliphatic carbocycles. The molecule has 1 heterocycles. The number of nitrogens with zero attached hydrogens (tertiary/aromatic N) is 1. The van der Waals surface area contributed by atoms with Gasteiger partial charge in [-0.3, -0.25) is 0 Å². The molecule has 6 nitrogen and oxygen atoms in total. The van der Waals surface area contributed by atoms with E-state index in [1.165, 1.54) is 5.56 Å². The smallest absolute Gasteiger partial charge is 0.340 e. The fraction of sp³-hybridized carbons (Fsp3) is 0.348. The van der Waals surface area contributed by atoms with Crippen molar-refractivity contribution in [3.63, 3.8) is 0 Å². The summed E-state index contributed by atoms with van der Waals surface area (Å²) >= 11 is 0. The molecule has 0 saturated carbocycles. The summed E-state index contributed by atoms with van der Waals surface area (Å²) in [6.07, 6.45) is -0.612. The molecule has 0 bridgehead atoms. The summed E-state index contributed by atoms with van der Waals surface area (Å²) in [7, 11) is 1.78. The SMILES string of the molecule is CCOC(=O)c1c(C)n(-c2ccc(C)cc2)c2ccc(OCC(O)CNC)cc12. The molecule has 1 unspecified atom stereocenters. The number of carbonyl (C=O) groups is 1. The number of esters is 1. The van der Waals surface area contributed by atoms with E-state index >= 15 is 0 Å². The average molecular weight is 396 g/mol. The summed E-state index contributed by atoms with van der Waals surface area (Å²) in [6.45, 7) is 6.67. The molecule has 0 radical (unpaired) electrons. The first-order valence-electron chi connectivity index (χ1n) is 9.81. The lowest BCUT2D eigenvalue weighted by molar-refractivity contribution is 0.0527. The molecule has 1 atom stereocenters. The molecule has 0 aliphatic heterocycles. The molecule has 2 aromatic carbocycles. The minimum atomic E-state index is -0.612. The second kappa shape index (κ2) is 9.11. The van der Waals surface area contributed by atoms with E-state index in [1.807, 2.05) is 56.3 Å². The zero-order valence-electron chi connectivity index (χ0n) is 17.4. The van der Waals surface area contributed by atoms with Crippen LogP contribution in [0.15, 0.2) is 42.5 Å². The molecule has 154 valence electrons. The van der Waals surface area contributed by atoms with Gasteiger partial charge in [0.25, 0.3) is 0 Å². The Morgan fingerprint density at radius 2 is 1.90 bits per heavy atom. The Bertz CT molecular complexity index is 992. The van der Waals surface area contributed by atoms with Crippen molar-refractivity contribution >= 4 is 16.9 Å². The van der Waals surface area contributed by atoms with Crippen molar-refractivity contribution in [3.8, 4) is 11.4 Å². The number of carbonyl (C=O) groups excluding carboxylic acids is 1. The Hall–Kier alpha value is -2.83. The Kier molecular flexibility index (Phi) is 6.56. The number of ether oxygens (including phenoxy) is 2. The van der Waals surface area contributed by atoms with Crippen molar-refractivity contribution in [2.24, 2.45) is 0 Å². The molecule has 6 heteroatoms. The monoisotopic (exact) mass is 396 g/mol. The molecule has 3 aromatic rings. The Morgan fingerprint density at radius 1 is 1.17 bits per heavy atom. The summed E-state index contributed by atoms with van der Waals surface area (Å²) in [5, 5.41) is 13.6. The maximum absolute atomic E-state index is 12.7. The van der Waals surface area contributed by atoms with E-state index in [-0.39, 0.29) is 12.6 Å². The second-order valence-electron chi connectivity index (χ2n) is 7.05. The minimum Gasteiger partial charge on any atom is -0.491 e. The summed E-state index contributed by atoms with van der Waals surface area (Å²) in [5.41, 5.74) is 4.40. The third kappa shape index (κ3) is 4.44. The van der Waals surface area contributed by atoms with E-state index in [2.05, 4.69) is 9.88 Å². The predicted octanol–water partition coefficient (Wildman–Crippen LogP) is 3.38. The lowest BCUT2D eigenvalue weighted by Crippen LogP contribution is -2.29. The number of aryl methyl sites for hydroxylation is 1. The quantitative estimate of drug-likeness (QED) is 0.571. The van der Waals surface area contributed by atoms with Crippen LogP contribution < -0.4 is 10.1 Å². The molecule has 29 heavy (non-hydrogen) atoms. The molecule has 0 fully saturated rings. The van der Waals surface area contributed by atoms with Crippen LogP contribution in [-0.4, -0.2) is 48.6 Å². The fourth-order valence-corrected chi connectivity index (χ4v) is 3.46. The van der Waals surface area contributed by atoms with Gasteiger partial charge in [0, 0.05) is 23.3 Å². The number of hydrogen-bond acceptors (Lipinski definition) is 5. The molecule has 2 N–H and O–H groups in total. The molecular weight excluding hydrogens is 368 g/mol. The van der Waals surface area contributed by atoms with E-state index in [4.69, 9.17) is 9.47 Å². The fourth-order valence-electron chi connectivity index (χ4n) is 3.46. The lowest BCUT2D eigenvalue weighted by Gasteiger charge is -2.12. The Morgan fingerprint density at radius 3 is 2.55 bits per heavy atom. The molecule has 0 aliphatic rings. The predicted molar refractivity (Wildman–Crippen MR) is 114 cm³/mol. The van der Waals surface area contributed by atoms with E-state index < -0.39 is 6.10 Å². The number of aliphatic hydroxyl groups is 1. The molecule has 0 spiro atoms. The number of fused-ring (bicyclic) bond motifs is 1. The van der Waals surface area contributed by atoms with E-state index in [0.29, 0.717) is 24.5 Å². The standard InChI is InChI=1S/C23H28N2O4/c1-5-28-23(27)22-16(3)25(17-8-6-15(2)7-9-17)21-11-10-19(12-20(21)22)29-14-18(26)13-24-4/h6-12,18,24,26H,5,13-14H2,1-4H3. The third-order valence-corrected chi connectivity index (χ3v) is 4.83. The van der Waals surface area contributed by atoms with Crippen LogP contribution in [0.4, 0.5) is 0 Å². The summed E-state index contributed by atoms with van der Waals surface area (Å²) in [5.74, 6) is 0.243. The average Bonchev–Trinajstić information content (AvgIpc) is 2.98. The van der Waals surface area contributed by atoms with Gasteiger partial charge in [0.2, 0.25) is 0 Å². The van der Waals surface area contributed by atoms with Gasteiger partial charge in [0.15, 0.2) is 0 Å². The maximum atomic E-state index is 12.7. The van der Waals surface area contributed by atoms with Gasteiger partial charge in [-0.05, 0) is 58.2 Å². The number of nitrogens with one attached hydrogen (secondary N) is 1. The van der Waals surface area contributed by atoms with Gasteiger partial charge in [-0.1, -0.05) is 17.7 Å². The number of likely N-dealkylation sites (N-methyl/N-ethyl adjacent to an activating group) is 1. The maximum Gasteiger partial charge on any atom is 0.340 e. The van der Waals surface area contributed by atoms with Gasteiger partial charge in [0.1, 0.15) is 18.5 Å². The van der Waals surface area contributed by atoms with Crippen molar-refractivity contribution in [2.75, 3.05) is 26.8 Å². The highest BCUT2D eigenvalue weighted by molar-refractivity contribution is 6.07. The van der Waals surface area contributed by atoms with Crippen LogP contribution >= 0.6 is 0 Å². The Labute approximate surface area is 171 Å². The largest absolute Gasteiger partial charge is 0.491 e. The topological polar surface area (TPSA) is 72.7 Å². The third-order valence-electron chi connectivity index (χ3n) is 4.83. The number of hydrogen-bond donors (Lipinski definition) is 2. The van der Waals surface area contributed by atoms with Gasteiger partial charge in [-0.15, -0.1) is 0 Å². The number of rotatable bonds is 8. The first kappa shape index (κ1) is 20.9. The molecule has 0 saturated heterocycles. The lowest BCUT2D eigenvalue weighted by atomic mass is 10.1. The number of aliphatic hydroxyl groups excluding tert-OH is 1. The molecular formula is C23H28N2O4. The van der Waals surface area contributed by atoms with Crippen LogP contribution in [0, 0.1) is 13.8 Å². The number of benzene rings is 2. The highest BCUT2D eigenvalue weighted by Crippen LogP contribution is 2.32. The van der Waals surface area contributed by atoms with Crippen LogP contribution in [-0.2, 0) is 4.74 Å². The van der Waals surface area contributed by atoms with Crippen LogP contribution in [0.3, 0.4) is 0 Å². The Balaban J connectivity index is 2.09. The van der Waals surface area contributed by atoms with Gasteiger partial charge in [0.05, 0.1) is 17.7 Å². The first-order chi connectivity index (χ1) is 14.0. The highest BCUT2D eigenvalue weighted by Gasteiger charge is 2.22. The van der Waals surface area contributed by atoms with Crippen molar-refractivity contribution in [1.29, 1.82) is 0 Å². The highest BCUT2D eigenvalue weighted by atomic mass is 16.5. The minimum absolute atomic E-state index is 0.165. The van der Waals surface area contributed by atoms with E-state index in [0.717, 1.165) is 22.3 Å². The van der Waals surface area contributed by atoms with Crippen LogP contribution in [0.1, 0.15) is 28.5 Å². The van der Waals surface area contributed by atoms with Gasteiger partial charge < -0.3 is 24.5 Å². The molecule has 1 aromatic heterocycles. The van der Waals surface area contributed by atoms with Crippen molar-refractivity contribution in [2.45, 2.75) is 26.9 Å². The van der Waals surface area contributed by atoms with Crippen molar-refractivity contribution in [3.05, 3.63) is 59.3 Å². The molecule has 3 rings (SSSR count). The van der Waals surface area contributed by atoms with Crippen molar-refractivity contribution in [1.82, 2.24) is 9.88 Å². The van der Waals surface area contributed by atoms with E-state index in [1.54, 1.807) is 14.0 Å².